The molecule has 0 unspecified atom stereocenters. The minimum Gasteiger partial charge on any atom is -0.310 e. The molecule has 1 heteroatoms. The van der Waals surface area contributed by atoms with Crippen molar-refractivity contribution in [2.75, 3.05) is 4.90 Å². The van der Waals surface area contributed by atoms with Crippen LogP contribution in [0.5, 0.6) is 0 Å². The lowest BCUT2D eigenvalue weighted by molar-refractivity contribution is 0.660. The fourth-order valence-corrected chi connectivity index (χ4v) is 9.05. The Balaban J connectivity index is 1.22. The standard InChI is InChI=1S/C57H43N/c1-57(2)53-33-15-14-30-50(53)52-39-45(35-36-54(52)57)44-26-17-28-47(38-44)58(46-27-16-25-43(37-46)40-19-6-3-7-20-40)55-34-18-32-49(42-23-10-5-11-24-42)56(55)51-31-13-12-29-48(51)41-21-8-4-9-22-41/h3-39H,1-2H3. The van der Waals surface area contributed by atoms with E-state index in [1.54, 1.807) is 0 Å². The summed E-state index contributed by atoms with van der Waals surface area (Å²) >= 11 is 0. The van der Waals surface area contributed by atoms with Gasteiger partial charge in [-0.05, 0) is 109 Å². The van der Waals surface area contributed by atoms with Crippen LogP contribution in [0.3, 0.4) is 0 Å². The summed E-state index contributed by atoms with van der Waals surface area (Å²) in [5.74, 6) is 0. The normalized spacial score (nSPS) is 12.4. The maximum atomic E-state index is 2.46. The van der Waals surface area contributed by atoms with E-state index in [0.29, 0.717) is 0 Å². The quantitative estimate of drug-likeness (QED) is 0.150. The molecule has 0 saturated heterocycles. The van der Waals surface area contributed by atoms with E-state index in [4.69, 9.17) is 0 Å². The average molecular weight is 742 g/mol. The van der Waals surface area contributed by atoms with Crippen LogP contribution in [0.2, 0.25) is 0 Å². The largest absolute Gasteiger partial charge is 0.310 e. The van der Waals surface area contributed by atoms with Crippen LogP contribution in [-0.4, -0.2) is 0 Å². The van der Waals surface area contributed by atoms with Gasteiger partial charge in [-0.15, -0.1) is 0 Å². The summed E-state index contributed by atoms with van der Waals surface area (Å²) < 4.78 is 0. The van der Waals surface area contributed by atoms with E-state index in [-0.39, 0.29) is 5.41 Å². The molecule has 0 atom stereocenters. The lowest BCUT2D eigenvalue weighted by Gasteiger charge is -2.30. The highest BCUT2D eigenvalue weighted by atomic mass is 15.1. The predicted molar refractivity (Wildman–Crippen MR) is 246 cm³/mol. The molecule has 0 spiro atoms. The minimum absolute atomic E-state index is 0.0386. The number of anilines is 3. The van der Waals surface area contributed by atoms with Crippen molar-refractivity contribution in [2.45, 2.75) is 19.3 Å². The molecule has 58 heavy (non-hydrogen) atoms. The second-order valence-electron chi connectivity index (χ2n) is 15.7. The smallest absolute Gasteiger partial charge is 0.0546 e. The highest BCUT2D eigenvalue weighted by molar-refractivity contribution is 6.01. The summed E-state index contributed by atoms with van der Waals surface area (Å²) in [5, 5.41) is 0. The van der Waals surface area contributed by atoms with Gasteiger partial charge >= 0.3 is 0 Å². The van der Waals surface area contributed by atoms with Crippen LogP contribution in [0.1, 0.15) is 25.0 Å². The lowest BCUT2D eigenvalue weighted by Crippen LogP contribution is -2.14. The number of hydrogen-bond donors (Lipinski definition) is 0. The Morgan fingerprint density at radius 2 is 0.741 bits per heavy atom. The molecule has 0 heterocycles. The molecule has 0 saturated carbocycles. The second kappa shape index (κ2) is 14.7. The van der Waals surface area contributed by atoms with E-state index < -0.39 is 0 Å². The number of nitrogens with zero attached hydrogens (tertiary/aromatic N) is 1. The van der Waals surface area contributed by atoms with E-state index in [0.717, 1.165) is 17.1 Å². The molecule has 1 nitrogen and oxygen atoms in total. The van der Waals surface area contributed by atoms with Crippen LogP contribution in [0, 0.1) is 0 Å². The molecule has 276 valence electrons. The van der Waals surface area contributed by atoms with Gasteiger partial charge in [-0.1, -0.05) is 202 Å². The first kappa shape index (κ1) is 35.2. The van der Waals surface area contributed by atoms with Gasteiger partial charge in [-0.3, -0.25) is 0 Å². The topological polar surface area (TPSA) is 3.24 Å². The fourth-order valence-electron chi connectivity index (χ4n) is 9.05. The SMILES string of the molecule is CC1(C)c2ccccc2-c2cc(-c3cccc(N(c4cccc(-c5ccccc5)c4)c4cccc(-c5ccccc5)c4-c4ccccc4-c4ccccc4)c3)ccc21. The van der Waals surface area contributed by atoms with Gasteiger partial charge < -0.3 is 4.90 Å². The molecule has 0 amide bonds. The van der Waals surface area contributed by atoms with E-state index >= 15 is 0 Å². The van der Waals surface area contributed by atoms with Crippen molar-refractivity contribution >= 4 is 17.1 Å². The van der Waals surface area contributed by atoms with Crippen LogP contribution < -0.4 is 4.90 Å². The summed E-state index contributed by atoms with van der Waals surface area (Å²) in [5.41, 5.74) is 20.5. The van der Waals surface area contributed by atoms with Gasteiger partial charge in [0, 0.05) is 22.4 Å². The van der Waals surface area contributed by atoms with Crippen molar-refractivity contribution in [2.24, 2.45) is 0 Å². The molecule has 1 aliphatic carbocycles. The summed E-state index contributed by atoms with van der Waals surface area (Å²) in [6.45, 7) is 4.69. The lowest BCUT2D eigenvalue weighted by atomic mass is 9.82. The maximum absolute atomic E-state index is 2.46. The molecule has 10 rings (SSSR count). The Kier molecular flexibility index (Phi) is 8.92. The van der Waals surface area contributed by atoms with Crippen LogP contribution >= 0.6 is 0 Å². The highest BCUT2D eigenvalue weighted by Crippen LogP contribution is 2.51. The second-order valence-corrected chi connectivity index (χ2v) is 15.7. The van der Waals surface area contributed by atoms with Gasteiger partial charge in [0.25, 0.3) is 0 Å². The number of hydrogen-bond acceptors (Lipinski definition) is 1. The molecular weight excluding hydrogens is 699 g/mol. The summed E-state index contributed by atoms with van der Waals surface area (Å²) in [6, 6.07) is 81.9. The average Bonchev–Trinajstić information content (AvgIpc) is 3.52. The predicted octanol–water partition coefficient (Wildman–Crippen LogP) is 15.8. The first-order chi connectivity index (χ1) is 28.5. The molecule has 0 bridgehead atoms. The van der Waals surface area contributed by atoms with Gasteiger partial charge in [-0.2, -0.15) is 0 Å². The van der Waals surface area contributed by atoms with Crippen molar-refractivity contribution in [3.05, 3.63) is 236 Å². The molecule has 0 aromatic heterocycles. The Bertz CT molecular complexity index is 2910. The summed E-state index contributed by atoms with van der Waals surface area (Å²) in [4.78, 5) is 2.46. The first-order valence-electron chi connectivity index (χ1n) is 20.2. The molecule has 0 fully saturated rings. The Morgan fingerprint density at radius 1 is 0.293 bits per heavy atom. The fraction of sp³-hybridized carbons (Fsp3) is 0.0526. The molecule has 0 radical (unpaired) electrons. The maximum Gasteiger partial charge on any atom is 0.0546 e. The van der Waals surface area contributed by atoms with Gasteiger partial charge in [0.05, 0.1) is 5.69 Å². The minimum atomic E-state index is -0.0386. The molecule has 1 aliphatic rings. The number of fused-ring (bicyclic) bond motifs is 3. The third kappa shape index (κ3) is 6.22. The third-order valence-corrected chi connectivity index (χ3v) is 11.9. The summed E-state index contributed by atoms with van der Waals surface area (Å²) in [6.07, 6.45) is 0. The molecule has 0 aliphatic heterocycles. The van der Waals surface area contributed by atoms with Crippen molar-refractivity contribution in [1.82, 2.24) is 0 Å². The van der Waals surface area contributed by atoms with E-state index in [1.165, 1.54) is 77.9 Å². The molecule has 9 aromatic carbocycles. The van der Waals surface area contributed by atoms with Crippen molar-refractivity contribution in [1.29, 1.82) is 0 Å². The Hall–Kier alpha value is -7.22. The van der Waals surface area contributed by atoms with Crippen molar-refractivity contribution < 1.29 is 0 Å². The third-order valence-electron chi connectivity index (χ3n) is 11.9. The van der Waals surface area contributed by atoms with Gasteiger partial charge in [0.1, 0.15) is 0 Å². The van der Waals surface area contributed by atoms with Gasteiger partial charge in [0.2, 0.25) is 0 Å². The zero-order valence-corrected chi connectivity index (χ0v) is 32.8. The van der Waals surface area contributed by atoms with Gasteiger partial charge in [0.15, 0.2) is 0 Å². The highest BCUT2D eigenvalue weighted by Gasteiger charge is 2.35. The Labute approximate surface area is 342 Å². The molecular formula is C57H43N. The number of benzene rings is 9. The van der Waals surface area contributed by atoms with Crippen molar-refractivity contribution in [3.8, 4) is 66.8 Å². The first-order valence-corrected chi connectivity index (χ1v) is 20.2. The number of rotatable bonds is 8. The van der Waals surface area contributed by atoms with Crippen LogP contribution in [-0.2, 0) is 5.41 Å². The summed E-state index contributed by atoms with van der Waals surface area (Å²) in [7, 11) is 0. The van der Waals surface area contributed by atoms with E-state index in [9.17, 15) is 0 Å². The van der Waals surface area contributed by atoms with Crippen LogP contribution in [0.25, 0.3) is 66.8 Å². The molecule has 0 N–H and O–H groups in total. The van der Waals surface area contributed by atoms with E-state index in [1.807, 2.05) is 0 Å². The van der Waals surface area contributed by atoms with Gasteiger partial charge in [-0.25, -0.2) is 0 Å². The van der Waals surface area contributed by atoms with Crippen LogP contribution in [0.15, 0.2) is 224 Å². The zero-order chi connectivity index (χ0) is 39.1. The van der Waals surface area contributed by atoms with Crippen LogP contribution in [0.4, 0.5) is 17.1 Å². The zero-order valence-electron chi connectivity index (χ0n) is 32.8. The Morgan fingerprint density at radius 3 is 1.40 bits per heavy atom. The monoisotopic (exact) mass is 741 g/mol. The van der Waals surface area contributed by atoms with Crippen molar-refractivity contribution in [3.63, 3.8) is 0 Å². The van der Waals surface area contributed by atoms with E-state index in [2.05, 4.69) is 243 Å². The molecule has 9 aromatic rings.